The third kappa shape index (κ3) is 2.36. The molecule has 0 radical (unpaired) electrons. The van der Waals surface area contributed by atoms with Gasteiger partial charge in [0.25, 0.3) is 11.8 Å². The molecule has 26 heavy (non-hydrogen) atoms. The van der Waals surface area contributed by atoms with Crippen LogP contribution in [0.3, 0.4) is 0 Å². The number of imide groups is 1. The second-order valence-electron chi connectivity index (χ2n) is 6.03. The van der Waals surface area contributed by atoms with Crippen LogP contribution in [0.15, 0.2) is 0 Å². The largest absolute Gasteiger partial charge is 0.281 e. The fourth-order valence-corrected chi connectivity index (χ4v) is 3.53. The highest BCUT2D eigenvalue weighted by molar-refractivity contribution is 7.00. The van der Waals surface area contributed by atoms with Gasteiger partial charge < -0.3 is 0 Å². The molecule has 0 bridgehead atoms. The lowest BCUT2D eigenvalue weighted by molar-refractivity contribution is 0.0648. The van der Waals surface area contributed by atoms with E-state index in [4.69, 9.17) is 0 Å². The normalized spacial score (nSPS) is 14.0. The molecule has 1 aliphatic heterocycles. The predicted octanol–water partition coefficient (Wildman–Crippen LogP) is 3.09. The number of carbonyl (C=O) groups excluding carboxylic acids is 2. The molecule has 3 aromatic rings. The van der Waals surface area contributed by atoms with Gasteiger partial charge in [-0.1, -0.05) is 26.2 Å². The number of halogens is 2. The Bertz CT molecular complexity index is 992. The summed E-state index contributed by atoms with van der Waals surface area (Å²) in [6.45, 7) is 2.29. The van der Waals surface area contributed by atoms with Crippen molar-refractivity contribution in [1.82, 2.24) is 23.6 Å². The van der Waals surface area contributed by atoms with Crippen LogP contribution >= 0.6 is 11.7 Å². The second-order valence-corrected chi connectivity index (χ2v) is 6.56. The average Bonchev–Trinajstić information content (AvgIpc) is 3.22. The number of unbranched alkanes of at least 4 members (excludes halogenated alkanes) is 3. The van der Waals surface area contributed by atoms with Gasteiger partial charge in [-0.25, -0.2) is 18.7 Å². The Morgan fingerprint density at radius 3 is 1.88 bits per heavy atom. The molecule has 0 unspecified atom stereocenters. The lowest BCUT2D eigenvalue weighted by Gasteiger charge is -2.12. The highest BCUT2D eigenvalue weighted by Gasteiger charge is 2.39. The molecule has 0 saturated heterocycles. The number of nitrogens with zero attached hydrogens (tertiary/aromatic N) is 5. The number of benzene rings is 1. The molecular formula is C16H13F2N5O2S. The first-order valence-electron chi connectivity index (χ1n) is 8.21. The molecule has 1 aromatic carbocycles. The second kappa shape index (κ2) is 6.27. The van der Waals surface area contributed by atoms with Gasteiger partial charge in [-0.2, -0.15) is 8.75 Å². The number of aromatic nitrogens is 4. The van der Waals surface area contributed by atoms with Crippen molar-refractivity contribution in [2.75, 3.05) is 6.54 Å². The minimum atomic E-state index is -0.901. The van der Waals surface area contributed by atoms with E-state index in [2.05, 4.69) is 25.6 Å². The Labute approximate surface area is 150 Å². The van der Waals surface area contributed by atoms with Gasteiger partial charge in [0.2, 0.25) is 0 Å². The minimum absolute atomic E-state index is 0.231. The number of hydrogen-bond acceptors (Lipinski definition) is 7. The fraction of sp³-hybridized carbons (Fsp3) is 0.375. The molecule has 2 aromatic heterocycles. The van der Waals surface area contributed by atoms with E-state index >= 15 is 0 Å². The van der Waals surface area contributed by atoms with Crippen LogP contribution < -0.4 is 0 Å². The Morgan fingerprint density at radius 2 is 1.38 bits per heavy atom. The quantitative estimate of drug-likeness (QED) is 0.501. The Hall–Kier alpha value is -2.62. The van der Waals surface area contributed by atoms with Crippen LogP contribution in [0.5, 0.6) is 0 Å². The van der Waals surface area contributed by atoms with Crippen molar-refractivity contribution < 1.29 is 18.4 Å². The van der Waals surface area contributed by atoms with Crippen molar-refractivity contribution in [2.24, 2.45) is 0 Å². The molecule has 0 atom stereocenters. The summed E-state index contributed by atoms with van der Waals surface area (Å²) in [5.41, 5.74) is -1.87. The van der Waals surface area contributed by atoms with Crippen LogP contribution in [-0.4, -0.2) is 42.0 Å². The third-order valence-corrected chi connectivity index (χ3v) is 4.88. The summed E-state index contributed by atoms with van der Waals surface area (Å²) in [7, 11) is 0. The molecule has 134 valence electrons. The summed E-state index contributed by atoms with van der Waals surface area (Å²) in [6, 6.07) is 0. The summed E-state index contributed by atoms with van der Waals surface area (Å²) in [4.78, 5) is 33.8. The Morgan fingerprint density at radius 1 is 0.846 bits per heavy atom. The van der Waals surface area contributed by atoms with E-state index < -0.39 is 34.5 Å². The van der Waals surface area contributed by atoms with Gasteiger partial charge in [0.15, 0.2) is 23.0 Å². The molecule has 0 fully saturated rings. The van der Waals surface area contributed by atoms with Gasteiger partial charge in [-0.15, -0.1) is 0 Å². The van der Waals surface area contributed by atoms with Gasteiger partial charge in [-0.05, 0) is 6.42 Å². The molecule has 2 amide bonds. The monoisotopic (exact) mass is 377 g/mol. The smallest absolute Gasteiger partial charge is 0.272 e. The van der Waals surface area contributed by atoms with Crippen LogP contribution in [0.25, 0.3) is 22.1 Å². The molecule has 0 aliphatic carbocycles. The summed E-state index contributed by atoms with van der Waals surface area (Å²) in [5, 5.41) is 0. The first-order valence-corrected chi connectivity index (χ1v) is 8.94. The van der Waals surface area contributed by atoms with E-state index in [1.54, 1.807) is 0 Å². The van der Waals surface area contributed by atoms with Gasteiger partial charge in [0, 0.05) is 6.54 Å². The number of hydrogen-bond donors (Lipinski definition) is 0. The van der Waals surface area contributed by atoms with E-state index in [1.807, 2.05) is 0 Å². The lowest BCUT2D eigenvalue weighted by atomic mass is 10.2. The predicted molar refractivity (Wildman–Crippen MR) is 89.9 cm³/mol. The van der Waals surface area contributed by atoms with Crippen molar-refractivity contribution in [1.29, 1.82) is 0 Å². The summed E-state index contributed by atoms with van der Waals surface area (Å²) in [5.74, 6) is -3.07. The standard InChI is InChI=1S/C16H13F2N5O2S/c1-2-3-4-5-6-23-15(24)13-14(16(23)25)20-10-8(18)12-11(21-26-22-12)7(17)9(10)19-13/h2-6H2,1H3. The van der Waals surface area contributed by atoms with Crippen molar-refractivity contribution in [3.05, 3.63) is 23.0 Å². The van der Waals surface area contributed by atoms with Gasteiger partial charge in [0.1, 0.15) is 22.1 Å². The number of carbonyl (C=O) groups is 2. The number of amides is 2. The molecular weight excluding hydrogens is 364 g/mol. The highest BCUT2D eigenvalue weighted by atomic mass is 32.1. The molecule has 7 nitrogen and oxygen atoms in total. The minimum Gasteiger partial charge on any atom is -0.272 e. The molecule has 0 saturated carbocycles. The van der Waals surface area contributed by atoms with Crippen LogP contribution in [0.4, 0.5) is 8.78 Å². The molecule has 10 heteroatoms. The maximum Gasteiger partial charge on any atom is 0.281 e. The summed E-state index contributed by atoms with van der Waals surface area (Å²) < 4.78 is 36.6. The first kappa shape index (κ1) is 16.8. The van der Waals surface area contributed by atoms with E-state index in [0.717, 1.165) is 24.2 Å². The summed E-state index contributed by atoms with van der Waals surface area (Å²) in [6.07, 6.45) is 3.55. The maximum absolute atomic E-state index is 14.6. The highest BCUT2D eigenvalue weighted by Crippen LogP contribution is 2.30. The molecule has 0 N–H and O–H groups in total. The summed E-state index contributed by atoms with van der Waals surface area (Å²) >= 11 is 0.657. The van der Waals surface area contributed by atoms with Crippen molar-refractivity contribution in [3.63, 3.8) is 0 Å². The molecule has 3 heterocycles. The molecule has 4 rings (SSSR count). The molecule has 1 aliphatic rings. The van der Waals surface area contributed by atoms with Crippen LogP contribution in [0.2, 0.25) is 0 Å². The topological polar surface area (TPSA) is 88.9 Å². The van der Waals surface area contributed by atoms with Crippen molar-refractivity contribution in [3.8, 4) is 0 Å². The third-order valence-electron chi connectivity index (χ3n) is 4.35. The zero-order chi connectivity index (χ0) is 18.4. The Balaban J connectivity index is 1.80. The van der Waals surface area contributed by atoms with Gasteiger partial charge in [0.05, 0.1) is 11.7 Å². The zero-order valence-electron chi connectivity index (χ0n) is 13.8. The Kier molecular flexibility index (Phi) is 4.06. The lowest BCUT2D eigenvalue weighted by Crippen LogP contribution is -2.31. The van der Waals surface area contributed by atoms with E-state index in [9.17, 15) is 18.4 Å². The fourth-order valence-electron chi connectivity index (χ4n) is 2.99. The van der Waals surface area contributed by atoms with Gasteiger partial charge in [-0.3, -0.25) is 14.5 Å². The van der Waals surface area contributed by atoms with E-state index in [1.165, 1.54) is 0 Å². The van der Waals surface area contributed by atoms with Crippen molar-refractivity contribution in [2.45, 2.75) is 32.6 Å². The SMILES string of the molecule is CCCCCCN1C(=O)c2nc3c(F)c4nsnc4c(F)c3nc2C1=O. The number of rotatable bonds is 5. The maximum atomic E-state index is 14.6. The van der Waals surface area contributed by atoms with E-state index in [0.29, 0.717) is 18.1 Å². The van der Waals surface area contributed by atoms with Crippen molar-refractivity contribution >= 4 is 45.6 Å². The zero-order valence-corrected chi connectivity index (χ0v) is 14.6. The number of fused-ring (bicyclic) bond motifs is 3. The van der Waals surface area contributed by atoms with Crippen LogP contribution in [0.1, 0.15) is 53.6 Å². The van der Waals surface area contributed by atoms with Crippen LogP contribution in [-0.2, 0) is 0 Å². The average molecular weight is 377 g/mol. The first-order chi connectivity index (χ1) is 12.5. The molecule has 0 spiro atoms. The van der Waals surface area contributed by atoms with E-state index in [-0.39, 0.29) is 29.0 Å². The van der Waals surface area contributed by atoms with Crippen LogP contribution in [0, 0.1) is 11.6 Å². The van der Waals surface area contributed by atoms with Gasteiger partial charge >= 0.3 is 0 Å².